The molecule has 1 unspecified atom stereocenters. The minimum absolute atomic E-state index is 0.494. The fraction of sp³-hybridized carbons (Fsp3) is 0.545. The van der Waals surface area contributed by atoms with Crippen molar-refractivity contribution in [3.05, 3.63) is 22.2 Å². The van der Waals surface area contributed by atoms with E-state index in [-0.39, 0.29) is 0 Å². The number of rotatable bonds is 0. The molecule has 0 amide bonds. The molecule has 1 heterocycles. The number of halogens is 1. The van der Waals surface area contributed by atoms with Crippen molar-refractivity contribution in [3.63, 3.8) is 0 Å². The molecule has 0 saturated heterocycles. The van der Waals surface area contributed by atoms with E-state index in [1.165, 1.54) is 22.5 Å². The van der Waals surface area contributed by atoms with Gasteiger partial charge in [0.2, 0.25) is 0 Å². The van der Waals surface area contributed by atoms with Crippen molar-refractivity contribution < 1.29 is 4.57 Å². The standard InChI is InChI=1S/C11H16ClN2/c1-6-7(2)9-10(8(6)3)14(5)11(12)13(9)4/h7H,1-5H3/q+1. The Balaban J connectivity index is 2.79. The van der Waals surface area contributed by atoms with Crippen LogP contribution in [0.5, 0.6) is 0 Å². The van der Waals surface area contributed by atoms with Gasteiger partial charge < -0.3 is 0 Å². The second-order valence-corrected chi connectivity index (χ2v) is 4.49. The normalized spacial score (nSPS) is 20.6. The maximum absolute atomic E-state index is 6.20. The van der Waals surface area contributed by atoms with Crippen molar-refractivity contribution in [3.8, 4) is 0 Å². The summed E-state index contributed by atoms with van der Waals surface area (Å²) in [7, 11) is 4.06. The summed E-state index contributed by atoms with van der Waals surface area (Å²) >= 11 is 6.20. The minimum Gasteiger partial charge on any atom is -0.219 e. The molecule has 1 aromatic rings. The molecule has 0 radical (unpaired) electrons. The first kappa shape index (κ1) is 9.78. The minimum atomic E-state index is 0.494. The van der Waals surface area contributed by atoms with E-state index in [1.54, 1.807) is 0 Å². The molecular formula is C11H16ClN2+. The van der Waals surface area contributed by atoms with E-state index in [0.29, 0.717) is 5.92 Å². The van der Waals surface area contributed by atoms with Gasteiger partial charge in [-0.3, -0.25) is 0 Å². The SMILES string of the molecule is CC1=C(C)C(C)c2c1[n+](C)c(Cl)n2C. The molecule has 0 aromatic carbocycles. The van der Waals surface area contributed by atoms with E-state index in [1.807, 2.05) is 14.1 Å². The van der Waals surface area contributed by atoms with Gasteiger partial charge in [0.05, 0.1) is 14.1 Å². The first-order valence-electron chi connectivity index (χ1n) is 4.88. The van der Waals surface area contributed by atoms with Gasteiger partial charge in [0.15, 0.2) is 11.4 Å². The summed E-state index contributed by atoms with van der Waals surface area (Å²) in [6.07, 6.45) is 0. The van der Waals surface area contributed by atoms with Crippen molar-refractivity contribution in [1.82, 2.24) is 4.57 Å². The fourth-order valence-corrected chi connectivity index (χ4v) is 2.58. The van der Waals surface area contributed by atoms with Crippen LogP contribution >= 0.6 is 11.6 Å². The summed E-state index contributed by atoms with van der Waals surface area (Å²) in [6.45, 7) is 6.61. The van der Waals surface area contributed by atoms with E-state index >= 15 is 0 Å². The number of allylic oxidation sites excluding steroid dienone is 2. The zero-order chi connectivity index (χ0) is 10.6. The monoisotopic (exact) mass is 211 g/mol. The van der Waals surface area contributed by atoms with Gasteiger partial charge in [-0.05, 0) is 19.4 Å². The van der Waals surface area contributed by atoms with Crippen molar-refractivity contribution in [2.24, 2.45) is 14.1 Å². The van der Waals surface area contributed by atoms with Crippen molar-refractivity contribution in [2.75, 3.05) is 0 Å². The average molecular weight is 212 g/mol. The number of hydrogen-bond acceptors (Lipinski definition) is 0. The lowest BCUT2D eigenvalue weighted by Gasteiger charge is -2.03. The molecule has 0 bridgehead atoms. The smallest absolute Gasteiger partial charge is 0.219 e. The summed E-state index contributed by atoms with van der Waals surface area (Å²) in [5, 5.41) is 0.800. The molecule has 1 aliphatic rings. The van der Waals surface area contributed by atoms with Crippen LogP contribution in [0.25, 0.3) is 5.57 Å². The maximum Gasteiger partial charge on any atom is 0.355 e. The van der Waals surface area contributed by atoms with E-state index in [4.69, 9.17) is 11.6 Å². The third-order valence-corrected chi connectivity index (χ3v) is 4.01. The summed E-state index contributed by atoms with van der Waals surface area (Å²) < 4.78 is 4.15. The Hall–Kier alpha value is -0.760. The van der Waals surface area contributed by atoms with Crippen LogP contribution in [0, 0.1) is 0 Å². The largest absolute Gasteiger partial charge is 0.355 e. The van der Waals surface area contributed by atoms with Crippen molar-refractivity contribution in [2.45, 2.75) is 26.7 Å². The molecule has 0 aliphatic heterocycles. The van der Waals surface area contributed by atoms with Crippen LogP contribution in [-0.4, -0.2) is 4.57 Å². The molecule has 0 fully saturated rings. The lowest BCUT2D eigenvalue weighted by molar-refractivity contribution is -0.670. The zero-order valence-electron chi connectivity index (χ0n) is 9.35. The topological polar surface area (TPSA) is 8.81 Å². The van der Waals surface area contributed by atoms with Crippen molar-refractivity contribution in [1.29, 1.82) is 0 Å². The third kappa shape index (κ3) is 0.949. The highest BCUT2D eigenvalue weighted by atomic mass is 35.5. The summed E-state index contributed by atoms with van der Waals surface area (Å²) in [4.78, 5) is 0. The average Bonchev–Trinajstić information content (AvgIpc) is 2.51. The Morgan fingerprint density at radius 3 is 2.43 bits per heavy atom. The van der Waals surface area contributed by atoms with Crippen LogP contribution in [0.4, 0.5) is 0 Å². The van der Waals surface area contributed by atoms with Gasteiger partial charge in [-0.2, -0.15) is 0 Å². The van der Waals surface area contributed by atoms with Crippen LogP contribution < -0.4 is 4.57 Å². The highest BCUT2D eigenvalue weighted by molar-refractivity contribution is 6.27. The second kappa shape index (κ2) is 2.86. The Bertz CT molecular complexity index is 441. The van der Waals surface area contributed by atoms with Crippen LogP contribution in [0.3, 0.4) is 0 Å². The van der Waals surface area contributed by atoms with Crippen LogP contribution in [0.15, 0.2) is 5.57 Å². The van der Waals surface area contributed by atoms with Gasteiger partial charge in [-0.25, -0.2) is 9.13 Å². The number of nitrogens with zero attached hydrogens (tertiary/aromatic N) is 2. The highest BCUT2D eigenvalue weighted by Crippen LogP contribution is 2.40. The maximum atomic E-state index is 6.20. The molecule has 0 spiro atoms. The van der Waals surface area contributed by atoms with Crippen LogP contribution in [0.1, 0.15) is 38.1 Å². The molecule has 0 saturated carbocycles. The zero-order valence-corrected chi connectivity index (χ0v) is 10.1. The number of imidazole rings is 1. The molecule has 1 aromatic heterocycles. The van der Waals surface area contributed by atoms with E-state index in [0.717, 1.165) is 5.28 Å². The molecule has 2 rings (SSSR count). The number of fused-ring (bicyclic) bond motifs is 1. The van der Waals surface area contributed by atoms with Crippen molar-refractivity contribution >= 4 is 17.2 Å². The lowest BCUT2D eigenvalue weighted by Crippen LogP contribution is -2.31. The van der Waals surface area contributed by atoms with Gasteiger partial charge in [0.1, 0.15) is 0 Å². The molecule has 1 atom stereocenters. The van der Waals surface area contributed by atoms with E-state index in [9.17, 15) is 0 Å². The predicted molar refractivity (Wildman–Crippen MR) is 58.3 cm³/mol. The van der Waals surface area contributed by atoms with E-state index in [2.05, 4.69) is 29.9 Å². The molecule has 3 heteroatoms. The van der Waals surface area contributed by atoms with E-state index < -0.39 is 0 Å². The molecule has 14 heavy (non-hydrogen) atoms. The molecule has 1 aliphatic carbocycles. The molecule has 2 nitrogen and oxygen atoms in total. The highest BCUT2D eigenvalue weighted by Gasteiger charge is 2.36. The van der Waals surface area contributed by atoms with Crippen LogP contribution in [-0.2, 0) is 14.1 Å². The molecule has 76 valence electrons. The lowest BCUT2D eigenvalue weighted by atomic mass is 10.0. The van der Waals surface area contributed by atoms with Gasteiger partial charge >= 0.3 is 5.28 Å². The predicted octanol–water partition coefficient (Wildman–Crippen LogP) is 2.41. The number of aromatic nitrogens is 2. The first-order valence-corrected chi connectivity index (χ1v) is 5.26. The van der Waals surface area contributed by atoms with Gasteiger partial charge in [-0.15, -0.1) is 0 Å². The summed E-state index contributed by atoms with van der Waals surface area (Å²) in [6, 6.07) is 0. The summed E-state index contributed by atoms with van der Waals surface area (Å²) in [5.41, 5.74) is 5.46. The second-order valence-electron chi connectivity index (χ2n) is 4.15. The fourth-order valence-electron chi connectivity index (χ4n) is 2.40. The molecule has 0 N–H and O–H groups in total. The van der Waals surface area contributed by atoms with Gasteiger partial charge in [0.25, 0.3) is 0 Å². The Morgan fingerprint density at radius 1 is 1.36 bits per heavy atom. The third-order valence-electron chi connectivity index (χ3n) is 3.50. The Labute approximate surface area is 89.8 Å². The van der Waals surface area contributed by atoms with Gasteiger partial charge in [0, 0.05) is 17.5 Å². The molecular weight excluding hydrogens is 196 g/mol. The van der Waals surface area contributed by atoms with Gasteiger partial charge in [-0.1, -0.05) is 12.5 Å². The summed E-state index contributed by atoms with van der Waals surface area (Å²) in [5.74, 6) is 0.494. The number of hydrogen-bond donors (Lipinski definition) is 0. The Kier molecular flexibility index (Phi) is 2.00. The van der Waals surface area contributed by atoms with Crippen LogP contribution in [0.2, 0.25) is 5.28 Å². The quantitative estimate of drug-likeness (QED) is 0.583. The Morgan fingerprint density at radius 2 is 1.93 bits per heavy atom. The first-order chi connectivity index (χ1) is 6.46.